The molecular weight excluding hydrogens is 272 g/mol. The van der Waals surface area contributed by atoms with E-state index in [0.717, 1.165) is 5.92 Å². The minimum absolute atomic E-state index is 0.646. The van der Waals surface area contributed by atoms with Crippen LogP contribution in [0.2, 0.25) is 0 Å². The third-order valence-corrected chi connectivity index (χ3v) is 5.22. The zero-order chi connectivity index (χ0) is 14.8. The van der Waals surface area contributed by atoms with Gasteiger partial charge < -0.3 is 0 Å². The lowest BCUT2D eigenvalue weighted by molar-refractivity contribution is 0.294. The van der Waals surface area contributed by atoms with Crippen molar-refractivity contribution < 1.29 is 0 Å². The van der Waals surface area contributed by atoms with Crippen LogP contribution in [-0.4, -0.2) is 0 Å². The first-order valence-corrected chi connectivity index (χ1v) is 9.42. The largest absolute Gasteiger partial charge is 0.0875 e. The van der Waals surface area contributed by atoms with Crippen LogP contribution in [-0.2, 0) is 0 Å². The Labute approximate surface area is 135 Å². The molecule has 1 aromatic carbocycles. The van der Waals surface area contributed by atoms with Crippen molar-refractivity contribution in [2.45, 2.75) is 69.6 Å². The monoisotopic (exact) mass is 300 g/mol. The molecule has 0 aliphatic heterocycles. The number of rotatable bonds is 6. The van der Waals surface area contributed by atoms with Gasteiger partial charge in [-0.3, -0.25) is 0 Å². The zero-order valence-corrected chi connectivity index (χ0v) is 14.1. The maximum atomic E-state index is 3.48. The Hall–Kier alpha value is -0.870. The highest BCUT2D eigenvalue weighted by Crippen LogP contribution is 2.32. The fourth-order valence-electron chi connectivity index (χ4n) is 3.12. The Morgan fingerprint density at radius 1 is 1.00 bits per heavy atom. The van der Waals surface area contributed by atoms with Crippen molar-refractivity contribution in [1.82, 2.24) is 0 Å². The molecule has 0 saturated heterocycles. The fraction of sp³-hybridized carbons (Fsp3) is 0.600. The van der Waals surface area contributed by atoms with Gasteiger partial charge in [0.05, 0.1) is 0 Å². The summed E-state index contributed by atoms with van der Waals surface area (Å²) in [5.41, 5.74) is 0. The van der Waals surface area contributed by atoms with E-state index in [-0.39, 0.29) is 0 Å². The molecule has 1 saturated carbocycles. The van der Waals surface area contributed by atoms with Crippen LogP contribution in [0.4, 0.5) is 0 Å². The highest BCUT2D eigenvalue weighted by atomic mass is 32.2. The lowest BCUT2D eigenvalue weighted by Gasteiger charge is -2.25. The van der Waals surface area contributed by atoms with Gasteiger partial charge in [-0.2, -0.15) is 0 Å². The highest BCUT2D eigenvalue weighted by Gasteiger charge is 2.19. The molecule has 1 heteroatoms. The van der Waals surface area contributed by atoms with Gasteiger partial charge in [0.15, 0.2) is 0 Å². The Morgan fingerprint density at radius 3 is 2.48 bits per heavy atom. The van der Waals surface area contributed by atoms with Crippen molar-refractivity contribution in [2.24, 2.45) is 11.8 Å². The molecule has 0 bridgehead atoms. The van der Waals surface area contributed by atoms with Crippen molar-refractivity contribution >= 4 is 11.8 Å². The highest BCUT2D eigenvalue weighted by molar-refractivity contribution is 8.03. The van der Waals surface area contributed by atoms with E-state index in [4.69, 9.17) is 0 Å². The van der Waals surface area contributed by atoms with E-state index >= 15 is 0 Å². The summed E-state index contributed by atoms with van der Waals surface area (Å²) in [6.07, 6.45) is 12.5. The summed E-state index contributed by atoms with van der Waals surface area (Å²) in [4.78, 5) is 1.26. The van der Waals surface area contributed by atoms with Gasteiger partial charge in [-0.05, 0) is 60.7 Å². The van der Waals surface area contributed by atoms with Gasteiger partial charge in [-0.25, -0.2) is 0 Å². The number of unbranched alkanes of at least 4 members (excludes halogenated alkanes) is 3. The van der Waals surface area contributed by atoms with Crippen LogP contribution in [0.5, 0.6) is 0 Å². The molecule has 0 atom stereocenters. The van der Waals surface area contributed by atoms with E-state index in [2.05, 4.69) is 48.4 Å². The molecule has 0 nitrogen and oxygen atoms in total. The molecule has 1 aliphatic carbocycles. The molecule has 0 N–H and O–H groups in total. The van der Waals surface area contributed by atoms with E-state index in [1.165, 1.54) is 62.7 Å². The predicted molar refractivity (Wildman–Crippen MR) is 94.3 cm³/mol. The Balaban J connectivity index is 1.63. The summed E-state index contributed by atoms with van der Waals surface area (Å²) in [7, 11) is 0. The number of thioether (sulfide) groups is 1. The molecule has 2 rings (SSSR count). The normalized spacial score (nSPS) is 21.6. The summed E-state index contributed by atoms with van der Waals surface area (Å²) in [6.45, 7) is 2.29. The van der Waals surface area contributed by atoms with Crippen molar-refractivity contribution in [3.05, 3.63) is 30.3 Å². The summed E-state index contributed by atoms with van der Waals surface area (Å²) in [6, 6.07) is 10.5. The van der Waals surface area contributed by atoms with Crippen LogP contribution < -0.4 is 0 Å². The van der Waals surface area contributed by atoms with Crippen LogP contribution in [0, 0.1) is 23.0 Å². The van der Waals surface area contributed by atoms with Crippen molar-refractivity contribution in [1.29, 1.82) is 0 Å². The van der Waals surface area contributed by atoms with Crippen LogP contribution >= 0.6 is 11.8 Å². The number of hydrogen-bond acceptors (Lipinski definition) is 1. The van der Waals surface area contributed by atoms with E-state index in [1.807, 2.05) is 0 Å². The third-order valence-electron chi connectivity index (χ3n) is 4.49. The maximum Gasteiger partial charge on any atom is 0.0212 e. The van der Waals surface area contributed by atoms with Crippen LogP contribution in [0.3, 0.4) is 0 Å². The van der Waals surface area contributed by atoms with Gasteiger partial charge in [-0.1, -0.05) is 63.1 Å². The first-order valence-electron chi connectivity index (χ1n) is 8.61. The molecular formula is C20H28S. The van der Waals surface area contributed by atoms with Crippen LogP contribution in [0.1, 0.15) is 64.7 Å². The second-order valence-electron chi connectivity index (χ2n) is 6.23. The third kappa shape index (κ3) is 6.62. The standard InChI is InChI=1S/C20H28S/c1-2-3-4-6-9-18-12-14-19(15-13-18)16-17-21-20-10-7-5-8-11-20/h5,7-8,10-11,18-19H,2-4,6,9,12-15H2,1H3. The molecule has 1 aromatic rings. The van der Waals surface area contributed by atoms with E-state index in [9.17, 15) is 0 Å². The SMILES string of the molecule is CCCCCCC1CCC(C#CSc2ccccc2)CC1. The van der Waals surface area contributed by atoms with Gasteiger partial charge in [-0.15, -0.1) is 0 Å². The fourth-order valence-corrected chi connectivity index (χ4v) is 3.75. The second-order valence-corrected chi connectivity index (χ2v) is 7.11. The smallest absolute Gasteiger partial charge is 0.0212 e. The average Bonchev–Trinajstić information content (AvgIpc) is 2.54. The van der Waals surface area contributed by atoms with Crippen molar-refractivity contribution in [3.63, 3.8) is 0 Å². The molecule has 0 heterocycles. The predicted octanol–water partition coefficient (Wildman–Crippen LogP) is 6.52. The Morgan fingerprint density at radius 2 is 1.76 bits per heavy atom. The topological polar surface area (TPSA) is 0 Å². The van der Waals surface area contributed by atoms with Crippen LogP contribution in [0.25, 0.3) is 0 Å². The van der Waals surface area contributed by atoms with Gasteiger partial charge in [0.2, 0.25) is 0 Å². The molecule has 0 unspecified atom stereocenters. The minimum atomic E-state index is 0.646. The molecule has 0 radical (unpaired) electrons. The molecule has 114 valence electrons. The molecule has 1 fully saturated rings. The first kappa shape index (κ1) is 16.5. The summed E-state index contributed by atoms with van der Waals surface area (Å²) < 4.78 is 0. The lowest BCUT2D eigenvalue weighted by atomic mass is 9.80. The number of hydrogen-bond donors (Lipinski definition) is 0. The summed E-state index contributed by atoms with van der Waals surface area (Å²) in [5.74, 6) is 5.11. The molecule has 1 aliphatic rings. The average molecular weight is 301 g/mol. The second kappa shape index (κ2) is 9.96. The van der Waals surface area contributed by atoms with Gasteiger partial charge in [0.25, 0.3) is 0 Å². The summed E-state index contributed by atoms with van der Waals surface area (Å²) >= 11 is 1.67. The van der Waals surface area contributed by atoms with Gasteiger partial charge in [0.1, 0.15) is 0 Å². The number of benzene rings is 1. The molecule has 0 amide bonds. The molecule has 0 aromatic heterocycles. The van der Waals surface area contributed by atoms with E-state index in [1.54, 1.807) is 11.8 Å². The summed E-state index contributed by atoms with van der Waals surface area (Å²) in [5, 5.41) is 3.31. The molecule has 0 spiro atoms. The first-order chi connectivity index (χ1) is 10.4. The Bertz CT molecular complexity index is 432. The minimum Gasteiger partial charge on any atom is -0.0875 e. The van der Waals surface area contributed by atoms with E-state index < -0.39 is 0 Å². The Kier molecular flexibility index (Phi) is 7.82. The van der Waals surface area contributed by atoms with Gasteiger partial charge >= 0.3 is 0 Å². The quantitative estimate of drug-likeness (QED) is 0.327. The van der Waals surface area contributed by atoms with Gasteiger partial charge in [0, 0.05) is 10.8 Å². The van der Waals surface area contributed by atoms with Crippen molar-refractivity contribution in [3.8, 4) is 11.2 Å². The van der Waals surface area contributed by atoms with Crippen LogP contribution in [0.15, 0.2) is 35.2 Å². The van der Waals surface area contributed by atoms with E-state index in [0.29, 0.717) is 5.92 Å². The molecule has 21 heavy (non-hydrogen) atoms. The lowest BCUT2D eigenvalue weighted by Crippen LogP contribution is -2.13. The van der Waals surface area contributed by atoms with Crippen molar-refractivity contribution in [2.75, 3.05) is 0 Å². The maximum absolute atomic E-state index is 3.48. The zero-order valence-electron chi connectivity index (χ0n) is 13.3.